The summed E-state index contributed by atoms with van der Waals surface area (Å²) in [5.41, 5.74) is 1.22. The van der Waals surface area contributed by atoms with Crippen LogP contribution < -0.4 is 4.74 Å². The maximum Gasteiger partial charge on any atom is 0.387 e. The van der Waals surface area contributed by atoms with E-state index in [0.29, 0.717) is 5.56 Å². The van der Waals surface area contributed by atoms with E-state index in [1.54, 1.807) is 18.2 Å². The highest BCUT2D eigenvalue weighted by Gasteiger charge is 2.17. The van der Waals surface area contributed by atoms with Crippen molar-refractivity contribution in [3.8, 4) is 5.75 Å². The maximum atomic E-state index is 12.3. The molecule has 1 atom stereocenters. The van der Waals surface area contributed by atoms with Crippen LogP contribution in [0.15, 0.2) is 29.6 Å². The van der Waals surface area contributed by atoms with Crippen molar-refractivity contribution in [2.24, 2.45) is 0 Å². The monoisotopic (exact) mass is 285 g/mol. The molecule has 0 spiro atoms. The van der Waals surface area contributed by atoms with Crippen molar-refractivity contribution in [3.63, 3.8) is 0 Å². The average molecular weight is 285 g/mol. The topological polar surface area (TPSA) is 42.4 Å². The van der Waals surface area contributed by atoms with Crippen molar-refractivity contribution in [1.82, 2.24) is 4.98 Å². The summed E-state index contributed by atoms with van der Waals surface area (Å²) >= 11 is 1.43. The summed E-state index contributed by atoms with van der Waals surface area (Å²) in [7, 11) is 0. The number of rotatable bonds is 5. The van der Waals surface area contributed by atoms with Gasteiger partial charge in [-0.15, -0.1) is 11.3 Å². The predicted octanol–water partition coefficient (Wildman–Crippen LogP) is 3.33. The Labute approximate surface area is 113 Å². The van der Waals surface area contributed by atoms with Crippen LogP contribution in [0.2, 0.25) is 0 Å². The summed E-state index contributed by atoms with van der Waals surface area (Å²) in [5.74, 6) is -0.00159. The lowest BCUT2D eigenvalue weighted by atomic mass is 10.1. The zero-order chi connectivity index (χ0) is 13.8. The second kappa shape index (κ2) is 6.08. The number of hydrogen-bond donors (Lipinski definition) is 1. The number of aromatic nitrogens is 1. The van der Waals surface area contributed by atoms with Crippen LogP contribution in [0.1, 0.15) is 22.4 Å². The molecule has 0 aliphatic carbocycles. The third-order valence-electron chi connectivity index (χ3n) is 2.53. The molecule has 102 valence electrons. The van der Waals surface area contributed by atoms with Crippen LogP contribution >= 0.6 is 11.3 Å². The SMILES string of the molecule is Cc1csc(CC(O)c2ccccc2OC(F)F)n1. The minimum atomic E-state index is -2.91. The number of nitrogens with zero attached hydrogens (tertiary/aromatic N) is 1. The van der Waals surface area contributed by atoms with Gasteiger partial charge in [0.25, 0.3) is 0 Å². The molecule has 0 aliphatic rings. The molecule has 0 bridgehead atoms. The molecule has 6 heteroatoms. The quantitative estimate of drug-likeness (QED) is 0.916. The smallest absolute Gasteiger partial charge is 0.387 e. The number of hydrogen-bond acceptors (Lipinski definition) is 4. The van der Waals surface area contributed by atoms with Gasteiger partial charge in [-0.1, -0.05) is 18.2 Å². The minimum absolute atomic E-state index is 0.00159. The summed E-state index contributed by atoms with van der Waals surface area (Å²) in [6, 6.07) is 6.24. The molecule has 2 rings (SSSR count). The van der Waals surface area contributed by atoms with Crippen LogP contribution in [0.5, 0.6) is 5.75 Å². The first kappa shape index (κ1) is 13.9. The van der Waals surface area contributed by atoms with Crippen molar-refractivity contribution in [1.29, 1.82) is 0 Å². The highest BCUT2D eigenvalue weighted by molar-refractivity contribution is 7.09. The van der Waals surface area contributed by atoms with Crippen LogP contribution in [0.3, 0.4) is 0 Å². The molecule has 1 unspecified atom stereocenters. The van der Waals surface area contributed by atoms with Gasteiger partial charge in [-0.2, -0.15) is 8.78 Å². The predicted molar refractivity (Wildman–Crippen MR) is 68.6 cm³/mol. The lowest BCUT2D eigenvalue weighted by Crippen LogP contribution is -2.08. The second-order valence-corrected chi connectivity index (χ2v) is 4.96. The van der Waals surface area contributed by atoms with E-state index in [9.17, 15) is 13.9 Å². The Bertz CT molecular complexity index is 545. The summed E-state index contributed by atoms with van der Waals surface area (Å²) in [4.78, 5) is 4.24. The molecule has 19 heavy (non-hydrogen) atoms. The van der Waals surface area contributed by atoms with Gasteiger partial charge in [0.15, 0.2) is 0 Å². The van der Waals surface area contributed by atoms with E-state index in [-0.39, 0.29) is 12.2 Å². The number of aliphatic hydroxyl groups excluding tert-OH is 1. The Hall–Kier alpha value is -1.53. The van der Waals surface area contributed by atoms with Gasteiger partial charge in [-0.3, -0.25) is 0 Å². The first-order chi connectivity index (χ1) is 9.06. The number of benzene rings is 1. The largest absolute Gasteiger partial charge is 0.434 e. The van der Waals surface area contributed by atoms with Gasteiger partial charge in [0.1, 0.15) is 5.75 Å². The lowest BCUT2D eigenvalue weighted by molar-refractivity contribution is -0.0515. The Kier molecular flexibility index (Phi) is 4.44. The van der Waals surface area contributed by atoms with Crippen LogP contribution in [-0.4, -0.2) is 16.7 Å². The van der Waals surface area contributed by atoms with E-state index < -0.39 is 12.7 Å². The van der Waals surface area contributed by atoms with Crippen molar-refractivity contribution in [2.75, 3.05) is 0 Å². The van der Waals surface area contributed by atoms with Crippen molar-refractivity contribution < 1.29 is 18.6 Å². The third-order valence-corrected chi connectivity index (χ3v) is 3.52. The molecule has 2 aromatic rings. The van der Waals surface area contributed by atoms with Crippen LogP contribution in [0.4, 0.5) is 8.78 Å². The summed E-state index contributed by atoms with van der Waals surface area (Å²) in [6.45, 7) is -1.05. The zero-order valence-electron chi connectivity index (χ0n) is 10.2. The molecule has 3 nitrogen and oxygen atoms in total. The summed E-state index contributed by atoms with van der Waals surface area (Å²) in [5, 5.41) is 12.8. The molecule has 0 saturated heterocycles. The highest BCUT2D eigenvalue weighted by Crippen LogP contribution is 2.29. The van der Waals surface area contributed by atoms with E-state index in [1.807, 2.05) is 12.3 Å². The fraction of sp³-hybridized carbons (Fsp3) is 0.308. The standard InChI is InChI=1S/C13H13F2NO2S/c1-8-7-19-12(16-8)6-10(17)9-4-2-3-5-11(9)18-13(14)15/h2-5,7,10,13,17H,6H2,1H3. The van der Waals surface area contributed by atoms with E-state index in [4.69, 9.17) is 0 Å². The zero-order valence-corrected chi connectivity index (χ0v) is 11.0. The molecule has 1 heterocycles. The lowest BCUT2D eigenvalue weighted by Gasteiger charge is -2.14. The number of para-hydroxylation sites is 1. The molecule has 0 fully saturated rings. The molecule has 0 saturated carbocycles. The van der Waals surface area contributed by atoms with E-state index in [0.717, 1.165) is 10.7 Å². The fourth-order valence-corrected chi connectivity index (χ4v) is 2.54. The molecule has 0 amide bonds. The molecule has 0 aliphatic heterocycles. The van der Waals surface area contributed by atoms with E-state index >= 15 is 0 Å². The second-order valence-electron chi connectivity index (χ2n) is 4.02. The number of alkyl halides is 2. The van der Waals surface area contributed by atoms with Gasteiger partial charge < -0.3 is 9.84 Å². The minimum Gasteiger partial charge on any atom is -0.434 e. The summed E-state index contributed by atoms with van der Waals surface area (Å²) in [6.07, 6.45) is -0.636. The van der Waals surface area contributed by atoms with Crippen LogP contribution in [0.25, 0.3) is 0 Å². The number of thiazole rings is 1. The number of ether oxygens (including phenoxy) is 1. The maximum absolute atomic E-state index is 12.3. The highest BCUT2D eigenvalue weighted by atomic mass is 32.1. The first-order valence-corrected chi connectivity index (χ1v) is 6.57. The van der Waals surface area contributed by atoms with E-state index in [2.05, 4.69) is 9.72 Å². The van der Waals surface area contributed by atoms with Gasteiger partial charge in [-0.05, 0) is 13.0 Å². The van der Waals surface area contributed by atoms with Crippen LogP contribution in [-0.2, 0) is 6.42 Å². The molecule has 1 N–H and O–H groups in total. The summed E-state index contributed by atoms with van der Waals surface area (Å²) < 4.78 is 29.0. The Morgan fingerprint density at radius 1 is 1.37 bits per heavy atom. The van der Waals surface area contributed by atoms with Crippen LogP contribution in [0, 0.1) is 6.92 Å². The van der Waals surface area contributed by atoms with Crippen molar-refractivity contribution >= 4 is 11.3 Å². The van der Waals surface area contributed by atoms with Gasteiger partial charge in [0.05, 0.1) is 11.1 Å². The number of aliphatic hydroxyl groups is 1. The molecule has 1 aromatic carbocycles. The van der Waals surface area contributed by atoms with Gasteiger partial charge >= 0.3 is 6.61 Å². The van der Waals surface area contributed by atoms with Gasteiger partial charge in [-0.25, -0.2) is 4.98 Å². The van der Waals surface area contributed by atoms with Gasteiger partial charge in [0.2, 0.25) is 0 Å². The fourth-order valence-electron chi connectivity index (χ4n) is 1.73. The Morgan fingerprint density at radius 2 is 2.11 bits per heavy atom. The number of halogens is 2. The third kappa shape index (κ3) is 3.71. The molecular weight excluding hydrogens is 272 g/mol. The van der Waals surface area contributed by atoms with E-state index in [1.165, 1.54) is 17.4 Å². The molecule has 1 aromatic heterocycles. The average Bonchev–Trinajstić information content (AvgIpc) is 2.74. The van der Waals surface area contributed by atoms with Crippen molar-refractivity contribution in [3.05, 3.63) is 45.9 Å². The van der Waals surface area contributed by atoms with Gasteiger partial charge in [0, 0.05) is 23.1 Å². The Morgan fingerprint density at radius 3 is 2.74 bits per heavy atom. The first-order valence-electron chi connectivity index (χ1n) is 5.69. The normalized spacial score (nSPS) is 12.7. The molecule has 0 radical (unpaired) electrons. The Balaban J connectivity index is 2.16. The van der Waals surface area contributed by atoms with Crippen molar-refractivity contribution in [2.45, 2.75) is 26.1 Å². The molecular formula is C13H13F2NO2S. The number of aryl methyl sites for hydroxylation is 1.